The number of para-hydroxylation sites is 1. The van der Waals surface area contributed by atoms with Crippen LogP contribution in [0.1, 0.15) is 20.8 Å². The molecular formula is C26H23N5O2S. The molecule has 0 bridgehead atoms. The molecule has 2 N–H and O–H groups in total. The number of thiophene rings is 1. The predicted molar refractivity (Wildman–Crippen MR) is 136 cm³/mol. The lowest BCUT2D eigenvalue weighted by Gasteiger charge is -2.12. The summed E-state index contributed by atoms with van der Waals surface area (Å²) in [5, 5.41) is 6.32. The minimum Gasteiger partial charge on any atom is -0.352 e. The maximum atomic E-state index is 13.1. The molecule has 0 saturated heterocycles. The molecule has 170 valence electrons. The lowest BCUT2D eigenvalue weighted by atomic mass is 10.2. The van der Waals surface area contributed by atoms with E-state index in [4.69, 9.17) is 0 Å². The second kappa shape index (κ2) is 8.99. The van der Waals surface area contributed by atoms with Crippen molar-refractivity contribution in [3.63, 3.8) is 0 Å². The number of rotatable bonds is 6. The van der Waals surface area contributed by atoms with E-state index in [9.17, 15) is 9.59 Å². The number of carbonyl (C=O) groups is 1. The van der Waals surface area contributed by atoms with Gasteiger partial charge in [0.2, 0.25) is 0 Å². The van der Waals surface area contributed by atoms with Crippen LogP contribution in [0.15, 0.2) is 84.0 Å². The summed E-state index contributed by atoms with van der Waals surface area (Å²) >= 11 is 1.68. The SMILES string of the molecule is Cc1ccc(-c2cnc3c(Nc4ccccc4)cc(C(=O)NCc4ccn(C)c(=O)c4)cn23)s1. The number of aryl methyl sites for hydroxylation is 2. The zero-order valence-electron chi connectivity index (χ0n) is 18.8. The number of amides is 1. The van der Waals surface area contributed by atoms with Crippen molar-refractivity contribution in [1.29, 1.82) is 0 Å². The number of nitrogens with zero attached hydrogens (tertiary/aromatic N) is 3. The van der Waals surface area contributed by atoms with Crippen molar-refractivity contribution in [3.8, 4) is 10.6 Å². The number of imidazole rings is 1. The van der Waals surface area contributed by atoms with Gasteiger partial charge < -0.3 is 15.2 Å². The quantitative estimate of drug-likeness (QED) is 0.376. The molecule has 8 heteroatoms. The molecule has 0 spiro atoms. The number of pyridine rings is 2. The Morgan fingerprint density at radius 2 is 1.91 bits per heavy atom. The Kier molecular flexibility index (Phi) is 5.73. The Morgan fingerprint density at radius 3 is 2.65 bits per heavy atom. The van der Waals surface area contributed by atoms with Crippen LogP contribution in [0.3, 0.4) is 0 Å². The van der Waals surface area contributed by atoms with Crippen LogP contribution in [0.4, 0.5) is 11.4 Å². The van der Waals surface area contributed by atoms with Crippen molar-refractivity contribution in [3.05, 3.63) is 106 Å². The Bertz CT molecular complexity index is 1550. The number of benzene rings is 1. The molecule has 0 fully saturated rings. The van der Waals surface area contributed by atoms with E-state index in [2.05, 4.69) is 34.7 Å². The van der Waals surface area contributed by atoms with Gasteiger partial charge in [-0.2, -0.15) is 0 Å². The lowest BCUT2D eigenvalue weighted by molar-refractivity contribution is 0.0950. The Labute approximate surface area is 200 Å². The summed E-state index contributed by atoms with van der Waals surface area (Å²) in [6, 6.07) is 19.1. The van der Waals surface area contributed by atoms with E-state index in [0.717, 1.165) is 33.2 Å². The van der Waals surface area contributed by atoms with Gasteiger partial charge >= 0.3 is 0 Å². The van der Waals surface area contributed by atoms with Crippen molar-refractivity contribution in [2.45, 2.75) is 13.5 Å². The van der Waals surface area contributed by atoms with Crippen LogP contribution in [-0.4, -0.2) is 19.9 Å². The summed E-state index contributed by atoms with van der Waals surface area (Å²) in [6.45, 7) is 2.32. The summed E-state index contributed by atoms with van der Waals surface area (Å²) in [6.07, 6.45) is 5.33. The number of hydrogen-bond acceptors (Lipinski definition) is 5. The maximum absolute atomic E-state index is 13.1. The third kappa shape index (κ3) is 4.35. The second-order valence-corrected chi connectivity index (χ2v) is 9.34. The topological polar surface area (TPSA) is 80.4 Å². The fraction of sp³-hybridized carbons (Fsp3) is 0.115. The summed E-state index contributed by atoms with van der Waals surface area (Å²) in [5.74, 6) is -0.235. The molecule has 0 radical (unpaired) electrons. The van der Waals surface area contributed by atoms with Gasteiger partial charge in [-0.3, -0.25) is 14.0 Å². The number of carbonyl (C=O) groups excluding carboxylic acids is 1. The van der Waals surface area contributed by atoms with Crippen molar-refractivity contribution in [1.82, 2.24) is 19.3 Å². The van der Waals surface area contributed by atoms with Gasteiger partial charge in [0.25, 0.3) is 11.5 Å². The van der Waals surface area contributed by atoms with Gasteiger partial charge in [0.05, 0.1) is 28.0 Å². The summed E-state index contributed by atoms with van der Waals surface area (Å²) in [7, 11) is 1.69. The normalized spacial score (nSPS) is 11.0. The molecule has 0 aliphatic heterocycles. The third-order valence-corrected chi connectivity index (χ3v) is 6.56. The molecule has 7 nitrogen and oxygen atoms in total. The van der Waals surface area contributed by atoms with E-state index in [1.165, 1.54) is 15.5 Å². The van der Waals surface area contributed by atoms with Gasteiger partial charge in [-0.15, -0.1) is 11.3 Å². The first-order valence-corrected chi connectivity index (χ1v) is 11.6. The van der Waals surface area contributed by atoms with Crippen LogP contribution in [-0.2, 0) is 13.6 Å². The molecule has 5 rings (SSSR count). The van der Waals surface area contributed by atoms with Crippen molar-refractivity contribution >= 4 is 34.3 Å². The van der Waals surface area contributed by atoms with E-state index in [-0.39, 0.29) is 18.0 Å². The predicted octanol–water partition coefficient (Wildman–Crippen LogP) is 4.74. The van der Waals surface area contributed by atoms with E-state index >= 15 is 0 Å². The van der Waals surface area contributed by atoms with Gasteiger partial charge in [0.1, 0.15) is 0 Å². The summed E-state index contributed by atoms with van der Waals surface area (Å²) < 4.78 is 3.44. The van der Waals surface area contributed by atoms with Gasteiger partial charge in [0.15, 0.2) is 5.65 Å². The molecule has 0 unspecified atom stereocenters. The highest BCUT2D eigenvalue weighted by Gasteiger charge is 2.16. The first kappa shape index (κ1) is 21.7. The van der Waals surface area contributed by atoms with Crippen molar-refractivity contribution in [2.24, 2.45) is 7.05 Å². The zero-order valence-corrected chi connectivity index (χ0v) is 19.6. The number of fused-ring (bicyclic) bond motifs is 1. The van der Waals surface area contributed by atoms with Crippen LogP contribution in [0.2, 0.25) is 0 Å². The highest BCUT2D eigenvalue weighted by Crippen LogP contribution is 2.31. The van der Waals surface area contributed by atoms with Crippen LogP contribution in [0, 0.1) is 6.92 Å². The maximum Gasteiger partial charge on any atom is 0.253 e. The average Bonchev–Trinajstić information content (AvgIpc) is 3.46. The minimum atomic E-state index is -0.235. The van der Waals surface area contributed by atoms with Crippen LogP contribution >= 0.6 is 11.3 Å². The van der Waals surface area contributed by atoms with Gasteiger partial charge in [0, 0.05) is 42.6 Å². The van der Waals surface area contributed by atoms with E-state index in [0.29, 0.717) is 5.56 Å². The first-order valence-electron chi connectivity index (χ1n) is 10.8. The Balaban J connectivity index is 1.52. The molecule has 0 aliphatic rings. The number of nitrogens with one attached hydrogen (secondary N) is 2. The second-order valence-electron chi connectivity index (χ2n) is 8.05. The Hall–Kier alpha value is -4.17. The summed E-state index contributed by atoms with van der Waals surface area (Å²) in [5.41, 5.74) is 4.40. The van der Waals surface area contributed by atoms with Crippen LogP contribution in [0.5, 0.6) is 0 Å². The summed E-state index contributed by atoms with van der Waals surface area (Å²) in [4.78, 5) is 32.0. The molecule has 1 aromatic carbocycles. The average molecular weight is 470 g/mol. The Morgan fingerprint density at radius 1 is 1.09 bits per heavy atom. The molecule has 1 amide bonds. The highest BCUT2D eigenvalue weighted by molar-refractivity contribution is 7.15. The molecule has 5 aromatic rings. The third-order valence-electron chi connectivity index (χ3n) is 5.54. The van der Waals surface area contributed by atoms with E-state index in [1.807, 2.05) is 53.2 Å². The molecule has 0 aliphatic carbocycles. The van der Waals surface area contributed by atoms with E-state index in [1.54, 1.807) is 30.6 Å². The van der Waals surface area contributed by atoms with Crippen LogP contribution < -0.4 is 16.2 Å². The van der Waals surface area contributed by atoms with Crippen LogP contribution in [0.25, 0.3) is 16.2 Å². The number of anilines is 2. The van der Waals surface area contributed by atoms with Gasteiger partial charge in [-0.25, -0.2) is 4.98 Å². The molecule has 0 saturated carbocycles. The standard InChI is InChI=1S/C26H23N5O2S/c1-17-8-9-23(34-17)22-15-27-25-21(29-20-6-4-3-5-7-20)13-19(16-31(22)25)26(33)28-14-18-10-11-30(2)24(32)12-18/h3-13,15-16,29H,14H2,1-2H3,(H,28,33). The molecule has 4 heterocycles. The van der Waals surface area contributed by atoms with Crippen molar-refractivity contribution < 1.29 is 4.79 Å². The zero-order chi connectivity index (χ0) is 23.7. The number of hydrogen-bond donors (Lipinski definition) is 2. The largest absolute Gasteiger partial charge is 0.352 e. The van der Waals surface area contributed by atoms with Gasteiger partial charge in [-0.1, -0.05) is 18.2 Å². The fourth-order valence-electron chi connectivity index (χ4n) is 3.72. The molecule has 4 aromatic heterocycles. The monoisotopic (exact) mass is 469 g/mol. The smallest absolute Gasteiger partial charge is 0.253 e. The molecule has 0 atom stereocenters. The fourth-order valence-corrected chi connectivity index (χ4v) is 4.59. The molecular weight excluding hydrogens is 446 g/mol. The highest BCUT2D eigenvalue weighted by atomic mass is 32.1. The van der Waals surface area contributed by atoms with E-state index < -0.39 is 0 Å². The van der Waals surface area contributed by atoms with Gasteiger partial charge in [-0.05, 0) is 48.9 Å². The lowest BCUT2D eigenvalue weighted by Crippen LogP contribution is -2.25. The number of aromatic nitrogens is 3. The minimum absolute atomic E-state index is 0.114. The first-order chi connectivity index (χ1) is 16.5. The van der Waals surface area contributed by atoms with Crippen molar-refractivity contribution in [2.75, 3.05) is 5.32 Å². The molecule has 34 heavy (non-hydrogen) atoms.